The van der Waals surface area contributed by atoms with Gasteiger partial charge in [-0.2, -0.15) is 0 Å². The largest absolute Gasteiger partial charge is 0.379 e. The zero-order valence-electron chi connectivity index (χ0n) is 18.7. The number of rotatable bonds is 16. The summed E-state index contributed by atoms with van der Waals surface area (Å²) in [5, 5.41) is 2.92. The lowest BCUT2D eigenvalue weighted by Crippen LogP contribution is -2.46. The molecule has 0 saturated heterocycles. The maximum atomic E-state index is 12.3. The molecule has 0 unspecified atom stereocenters. The first-order valence-corrected chi connectivity index (χ1v) is 10.2. The Morgan fingerprint density at radius 3 is 1.61 bits per heavy atom. The molecule has 28 heavy (non-hydrogen) atoms. The fraction of sp³-hybridized carbons (Fsp3) is 0.857. The Balaban J connectivity index is 4.45. The van der Waals surface area contributed by atoms with Crippen LogP contribution in [0.1, 0.15) is 54.4 Å². The third-order valence-corrected chi connectivity index (χ3v) is 4.55. The fourth-order valence-corrected chi connectivity index (χ4v) is 2.19. The van der Waals surface area contributed by atoms with E-state index < -0.39 is 0 Å². The summed E-state index contributed by atoms with van der Waals surface area (Å²) in [7, 11) is 1.89. The van der Waals surface area contributed by atoms with Crippen molar-refractivity contribution >= 4 is 17.5 Å². The fourth-order valence-electron chi connectivity index (χ4n) is 2.19. The number of nitrogens with one attached hydrogen (secondary N) is 1. The summed E-state index contributed by atoms with van der Waals surface area (Å²) < 4.78 is 11.2. The SMILES string of the molecule is CC(C)C(=O)CCOCC(COCCC(=O)C(C)C)NC(=O)CN(C)C(C)C. The van der Waals surface area contributed by atoms with Crippen LogP contribution >= 0.6 is 0 Å². The second-order valence-electron chi connectivity index (χ2n) is 8.17. The Morgan fingerprint density at radius 1 is 0.821 bits per heavy atom. The molecule has 164 valence electrons. The van der Waals surface area contributed by atoms with Gasteiger partial charge in [0.05, 0.1) is 39.0 Å². The van der Waals surface area contributed by atoms with Crippen LogP contribution in [0.25, 0.3) is 0 Å². The lowest BCUT2D eigenvalue weighted by Gasteiger charge is -2.23. The zero-order valence-corrected chi connectivity index (χ0v) is 18.7. The van der Waals surface area contributed by atoms with E-state index in [-0.39, 0.29) is 61.2 Å². The van der Waals surface area contributed by atoms with E-state index in [2.05, 4.69) is 5.32 Å². The highest BCUT2D eigenvalue weighted by Gasteiger charge is 2.17. The van der Waals surface area contributed by atoms with Gasteiger partial charge in [0.1, 0.15) is 11.6 Å². The average Bonchev–Trinajstić information content (AvgIpc) is 2.60. The van der Waals surface area contributed by atoms with Gasteiger partial charge in [0.2, 0.25) is 5.91 Å². The summed E-state index contributed by atoms with van der Waals surface area (Å²) >= 11 is 0. The Bertz CT molecular complexity index is 449. The topological polar surface area (TPSA) is 84.9 Å². The summed E-state index contributed by atoms with van der Waals surface area (Å²) in [5.41, 5.74) is 0. The maximum absolute atomic E-state index is 12.3. The predicted octanol–water partition coefficient (Wildman–Crippen LogP) is 2.08. The van der Waals surface area contributed by atoms with E-state index in [1.165, 1.54) is 0 Å². The number of ketones is 2. The van der Waals surface area contributed by atoms with Crippen LogP contribution in [0, 0.1) is 11.8 Å². The van der Waals surface area contributed by atoms with Crippen molar-refractivity contribution in [2.45, 2.75) is 66.5 Å². The number of amides is 1. The molecule has 0 aromatic carbocycles. The van der Waals surface area contributed by atoms with E-state index >= 15 is 0 Å². The quantitative estimate of drug-likeness (QED) is 0.399. The summed E-state index contributed by atoms with van der Waals surface area (Å²) in [6.45, 7) is 13.0. The average molecular weight is 401 g/mol. The highest BCUT2D eigenvalue weighted by molar-refractivity contribution is 5.80. The molecule has 0 heterocycles. The van der Waals surface area contributed by atoms with Crippen LogP contribution in [0.15, 0.2) is 0 Å². The molecule has 0 aromatic heterocycles. The molecule has 0 atom stereocenters. The molecule has 0 bridgehead atoms. The van der Waals surface area contributed by atoms with Crippen LogP contribution in [0.2, 0.25) is 0 Å². The minimum Gasteiger partial charge on any atom is -0.379 e. The maximum Gasteiger partial charge on any atom is 0.234 e. The Kier molecular flexibility index (Phi) is 14.0. The lowest BCUT2D eigenvalue weighted by molar-refractivity contribution is -0.126. The molecule has 7 nitrogen and oxygen atoms in total. The number of ether oxygens (including phenoxy) is 2. The smallest absolute Gasteiger partial charge is 0.234 e. The Morgan fingerprint density at radius 2 is 1.25 bits per heavy atom. The van der Waals surface area contributed by atoms with Crippen LogP contribution in [-0.4, -0.2) is 74.5 Å². The molecule has 0 fully saturated rings. The van der Waals surface area contributed by atoms with Gasteiger partial charge in [-0.1, -0.05) is 27.7 Å². The molecule has 0 radical (unpaired) electrons. The van der Waals surface area contributed by atoms with E-state index in [1.807, 2.05) is 53.5 Å². The first-order chi connectivity index (χ1) is 13.0. The first-order valence-electron chi connectivity index (χ1n) is 10.2. The molecule has 7 heteroatoms. The van der Waals surface area contributed by atoms with E-state index in [9.17, 15) is 14.4 Å². The molecule has 0 saturated carbocycles. The second-order valence-corrected chi connectivity index (χ2v) is 8.17. The van der Waals surface area contributed by atoms with Crippen molar-refractivity contribution in [2.75, 3.05) is 40.0 Å². The third kappa shape index (κ3) is 13.0. The van der Waals surface area contributed by atoms with Crippen molar-refractivity contribution in [3.8, 4) is 0 Å². The number of hydrogen-bond donors (Lipinski definition) is 1. The van der Waals surface area contributed by atoms with Gasteiger partial charge >= 0.3 is 0 Å². The first kappa shape index (κ1) is 26.7. The minimum absolute atomic E-state index is 0.00695. The van der Waals surface area contributed by atoms with Crippen molar-refractivity contribution in [3.05, 3.63) is 0 Å². The highest BCUT2D eigenvalue weighted by Crippen LogP contribution is 2.02. The molecule has 0 aliphatic carbocycles. The van der Waals surface area contributed by atoms with Crippen LogP contribution in [0.5, 0.6) is 0 Å². The number of hydrogen-bond acceptors (Lipinski definition) is 6. The number of nitrogens with zero attached hydrogens (tertiary/aromatic N) is 1. The monoisotopic (exact) mass is 400 g/mol. The molecule has 0 spiro atoms. The Labute approximate surface area is 170 Å². The third-order valence-electron chi connectivity index (χ3n) is 4.55. The van der Waals surface area contributed by atoms with E-state index in [0.29, 0.717) is 26.1 Å². The van der Waals surface area contributed by atoms with Gasteiger partial charge < -0.3 is 14.8 Å². The van der Waals surface area contributed by atoms with Crippen LogP contribution < -0.4 is 5.32 Å². The normalized spacial score (nSPS) is 11.9. The Hall–Kier alpha value is -1.31. The molecule has 0 aliphatic heterocycles. The molecule has 0 aromatic rings. The van der Waals surface area contributed by atoms with Gasteiger partial charge in [0, 0.05) is 30.7 Å². The van der Waals surface area contributed by atoms with Gasteiger partial charge in [-0.3, -0.25) is 19.3 Å². The molecule has 0 aliphatic rings. The number of likely N-dealkylation sites (N-methyl/N-ethyl adjacent to an activating group) is 1. The standard InChI is InChI=1S/C21H40N2O5/c1-15(2)19(24)8-10-27-13-18(14-28-11-9-20(25)16(3)4)22-21(26)12-23(7)17(5)6/h15-18H,8-14H2,1-7H3,(H,22,26). The molecule has 0 rings (SSSR count). The minimum atomic E-state index is -0.323. The van der Waals surface area contributed by atoms with E-state index in [1.54, 1.807) is 0 Å². The van der Waals surface area contributed by atoms with Crippen molar-refractivity contribution in [3.63, 3.8) is 0 Å². The predicted molar refractivity (Wildman–Crippen MR) is 110 cm³/mol. The van der Waals surface area contributed by atoms with Gasteiger partial charge in [-0.25, -0.2) is 0 Å². The van der Waals surface area contributed by atoms with Gasteiger partial charge in [0.15, 0.2) is 0 Å². The van der Waals surface area contributed by atoms with Gasteiger partial charge in [-0.15, -0.1) is 0 Å². The van der Waals surface area contributed by atoms with Crippen LogP contribution in [0.3, 0.4) is 0 Å². The number of carbonyl (C=O) groups excluding carboxylic acids is 3. The summed E-state index contributed by atoms with van der Waals surface area (Å²) in [5.74, 6) is 0.190. The van der Waals surface area contributed by atoms with Crippen molar-refractivity contribution in [1.82, 2.24) is 10.2 Å². The summed E-state index contributed by atoms with van der Waals surface area (Å²) in [6.07, 6.45) is 0.719. The van der Waals surface area contributed by atoms with Crippen LogP contribution in [-0.2, 0) is 23.9 Å². The van der Waals surface area contributed by atoms with Gasteiger partial charge in [-0.05, 0) is 20.9 Å². The lowest BCUT2D eigenvalue weighted by atomic mass is 10.1. The zero-order chi connectivity index (χ0) is 21.7. The van der Waals surface area contributed by atoms with Gasteiger partial charge in [0.25, 0.3) is 0 Å². The second kappa shape index (κ2) is 14.7. The van der Waals surface area contributed by atoms with Crippen LogP contribution in [0.4, 0.5) is 0 Å². The molecule has 1 amide bonds. The van der Waals surface area contributed by atoms with Crippen molar-refractivity contribution in [2.24, 2.45) is 11.8 Å². The van der Waals surface area contributed by atoms with E-state index in [4.69, 9.17) is 9.47 Å². The number of carbonyl (C=O) groups is 3. The molecular weight excluding hydrogens is 360 g/mol. The van der Waals surface area contributed by atoms with Crippen molar-refractivity contribution < 1.29 is 23.9 Å². The molecule has 1 N–H and O–H groups in total. The number of Topliss-reactive ketones (excluding diaryl/α,β-unsaturated/α-hetero) is 2. The van der Waals surface area contributed by atoms with E-state index in [0.717, 1.165) is 0 Å². The highest BCUT2D eigenvalue weighted by atomic mass is 16.5. The van der Waals surface area contributed by atoms with Crippen molar-refractivity contribution in [1.29, 1.82) is 0 Å². The summed E-state index contributed by atoms with van der Waals surface area (Å²) in [6, 6.07) is -0.0582. The molecular formula is C21H40N2O5. The summed E-state index contributed by atoms with van der Waals surface area (Å²) in [4.78, 5) is 37.5.